The van der Waals surface area contributed by atoms with Gasteiger partial charge in [-0.1, -0.05) is 18.7 Å². The van der Waals surface area contributed by atoms with Crippen LogP contribution in [0.2, 0.25) is 0 Å². The molecule has 0 spiro atoms. The number of imidazole rings is 1. The molecule has 1 aromatic heterocycles. The number of hydrogen-bond acceptors (Lipinski definition) is 3. The number of aliphatic carboxylic acids is 1. The van der Waals surface area contributed by atoms with Crippen LogP contribution in [0, 0.1) is 5.82 Å². The van der Waals surface area contributed by atoms with Gasteiger partial charge in [-0.2, -0.15) is 0 Å². The van der Waals surface area contributed by atoms with Gasteiger partial charge < -0.3 is 9.67 Å². The Labute approximate surface area is 122 Å². The lowest BCUT2D eigenvalue weighted by Crippen LogP contribution is -2.03. The number of carboxylic acids is 1. The molecule has 0 atom stereocenters. The number of rotatable bonds is 5. The van der Waals surface area contributed by atoms with Crippen LogP contribution >= 0.6 is 27.7 Å². The van der Waals surface area contributed by atoms with Crippen molar-refractivity contribution in [1.29, 1.82) is 0 Å². The lowest BCUT2D eigenvalue weighted by molar-refractivity contribution is -0.133. The van der Waals surface area contributed by atoms with E-state index >= 15 is 0 Å². The molecule has 1 aromatic carbocycles. The number of fused-ring (bicyclic) bond motifs is 1. The van der Waals surface area contributed by atoms with E-state index in [-0.39, 0.29) is 11.6 Å². The van der Waals surface area contributed by atoms with Crippen molar-refractivity contribution in [3.63, 3.8) is 0 Å². The monoisotopic (exact) mass is 346 g/mol. The fraction of sp³-hybridized carbons (Fsp3) is 0.333. The quantitative estimate of drug-likeness (QED) is 0.841. The van der Waals surface area contributed by atoms with Gasteiger partial charge in [-0.25, -0.2) is 9.37 Å². The number of benzene rings is 1. The van der Waals surface area contributed by atoms with Gasteiger partial charge in [0, 0.05) is 12.6 Å². The molecule has 0 unspecified atom stereocenters. The van der Waals surface area contributed by atoms with Crippen molar-refractivity contribution in [3.8, 4) is 0 Å². The van der Waals surface area contributed by atoms with E-state index in [1.807, 2.05) is 11.5 Å². The highest BCUT2D eigenvalue weighted by Gasteiger charge is 2.14. The van der Waals surface area contributed by atoms with Crippen LogP contribution in [0.1, 0.15) is 13.3 Å². The van der Waals surface area contributed by atoms with E-state index < -0.39 is 5.97 Å². The highest BCUT2D eigenvalue weighted by Crippen LogP contribution is 2.28. The first-order valence-electron chi connectivity index (χ1n) is 5.72. The van der Waals surface area contributed by atoms with Crippen LogP contribution < -0.4 is 0 Å². The molecule has 1 N–H and O–H groups in total. The summed E-state index contributed by atoms with van der Waals surface area (Å²) in [4.78, 5) is 15.0. The molecule has 0 saturated heterocycles. The predicted molar refractivity (Wildman–Crippen MR) is 76.0 cm³/mol. The van der Waals surface area contributed by atoms with Gasteiger partial charge in [0.15, 0.2) is 5.16 Å². The third-order valence-electron chi connectivity index (χ3n) is 2.53. The highest BCUT2D eigenvalue weighted by atomic mass is 79.9. The minimum Gasteiger partial charge on any atom is -0.481 e. The van der Waals surface area contributed by atoms with Crippen LogP contribution in [0.3, 0.4) is 0 Å². The van der Waals surface area contributed by atoms with E-state index in [0.29, 0.717) is 27.2 Å². The number of nitrogens with zero attached hydrogens (tertiary/aromatic N) is 2. The summed E-state index contributed by atoms with van der Waals surface area (Å²) in [5, 5.41) is 9.34. The highest BCUT2D eigenvalue weighted by molar-refractivity contribution is 9.10. The molecule has 0 radical (unpaired) electrons. The molecule has 7 heteroatoms. The minimum atomic E-state index is -0.896. The Morgan fingerprint density at radius 1 is 1.58 bits per heavy atom. The lowest BCUT2D eigenvalue weighted by Gasteiger charge is -2.06. The van der Waals surface area contributed by atoms with Crippen molar-refractivity contribution < 1.29 is 14.3 Å². The standard InChI is InChI=1S/C12H12BrFN2O2S/c1-2-3-16-10-5-8(14)7(13)4-9(10)15-12(16)19-6-11(17)18/h4-5H,2-3,6H2,1H3,(H,17,18). The van der Waals surface area contributed by atoms with Gasteiger partial charge in [-0.15, -0.1) is 0 Å². The van der Waals surface area contributed by atoms with E-state index in [2.05, 4.69) is 20.9 Å². The summed E-state index contributed by atoms with van der Waals surface area (Å²) in [7, 11) is 0. The smallest absolute Gasteiger partial charge is 0.313 e. The van der Waals surface area contributed by atoms with Gasteiger partial charge in [-0.05, 0) is 28.4 Å². The molecule has 0 amide bonds. The largest absolute Gasteiger partial charge is 0.481 e. The van der Waals surface area contributed by atoms with Crippen molar-refractivity contribution in [1.82, 2.24) is 9.55 Å². The molecule has 0 aliphatic heterocycles. The summed E-state index contributed by atoms with van der Waals surface area (Å²) in [5.74, 6) is -1.30. The van der Waals surface area contributed by atoms with Gasteiger partial charge >= 0.3 is 5.97 Å². The summed E-state index contributed by atoms with van der Waals surface area (Å²) >= 11 is 4.27. The second-order valence-corrected chi connectivity index (χ2v) is 5.78. The van der Waals surface area contributed by atoms with Gasteiger partial charge in [0.1, 0.15) is 5.82 Å². The number of carbonyl (C=O) groups is 1. The molecule has 4 nitrogen and oxygen atoms in total. The summed E-state index contributed by atoms with van der Waals surface area (Å²) in [6.07, 6.45) is 0.865. The summed E-state index contributed by atoms with van der Waals surface area (Å²) in [6.45, 7) is 2.69. The van der Waals surface area contributed by atoms with Crippen molar-refractivity contribution in [3.05, 3.63) is 22.4 Å². The summed E-state index contributed by atoms with van der Waals surface area (Å²) in [6, 6.07) is 3.04. The van der Waals surface area contributed by atoms with Crippen LogP contribution in [0.25, 0.3) is 11.0 Å². The minimum absolute atomic E-state index is 0.0588. The van der Waals surface area contributed by atoms with Crippen LogP contribution in [0.15, 0.2) is 21.8 Å². The molecule has 0 fully saturated rings. The SMILES string of the molecule is CCCn1c(SCC(=O)O)nc2cc(Br)c(F)cc21. The van der Waals surface area contributed by atoms with E-state index in [1.165, 1.54) is 6.07 Å². The molecule has 2 aromatic rings. The molecule has 0 aliphatic carbocycles. The number of aromatic nitrogens is 2. The molecular weight excluding hydrogens is 335 g/mol. The maximum atomic E-state index is 13.6. The van der Waals surface area contributed by atoms with Gasteiger partial charge in [0.25, 0.3) is 0 Å². The molecule has 2 rings (SSSR count). The third kappa shape index (κ3) is 3.09. The molecular formula is C12H12BrFN2O2S. The van der Waals surface area contributed by atoms with Crippen molar-refractivity contribution >= 4 is 44.7 Å². The van der Waals surface area contributed by atoms with Gasteiger partial charge in [0.05, 0.1) is 21.3 Å². The summed E-state index contributed by atoms with van der Waals surface area (Å²) < 4.78 is 15.8. The van der Waals surface area contributed by atoms with E-state index in [0.717, 1.165) is 18.2 Å². The molecule has 1 heterocycles. The van der Waals surface area contributed by atoms with Gasteiger partial charge in [-0.3, -0.25) is 4.79 Å². The van der Waals surface area contributed by atoms with Crippen LogP contribution in [-0.4, -0.2) is 26.4 Å². The molecule has 19 heavy (non-hydrogen) atoms. The fourth-order valence-corrected chi connectivity index (χ4v) is 2.87. The van der Waals surface area contributed by atoms with Crippen molar-refractivity contribution in [2.45, 2.75) is 25.0 Å². The first-order chi connectivity index (χ1) is 9.02. The van der Waals surface area contributed by atoms with E-state index in [1.54, 1.807) is 6.07 Å². The maximum absolute atomic E-state index is 13.6. The van der Waals surface area contributed by atoms with Crippen molar-refractivity contribution in [2.75, 3.05) is 5.75 Å². The maximum Gasteiger partial charge on any atom is 0.313 e. The van der Waals surface area contributed by atoms with Crippen molar-refractivity contribution in [2.24, 2.45) is 0 Å². The fourth-order valence-electron chi connectivity index (χ4n) is 1.77. The predicted octanol–water partition coefficient (Wildman–Crippen LogP) is 3.52. The zero-order chi connectivity index (χ0) is 14.0. The number of hydrogen-bond donors (Lipinski definition) is 1. The molecule has 0 aliphatic rings. The van der Waals surface area contributed by atoms with Crippen LogP contribution in [0.5, 0.6) is 0 Å². The number of thioether (sulfide) groups is 1. The summed E-state index contributed by atoms with van der Waals surface area (Å²) in [5.41, 5.74) is 1.35. The second-order valence-electron chi connectivity index (χ2n) is 3.98. The normalized spacial score (nSPS) is 11.1. The number of halogens is 2. The Morgan fingerprint density at radius 2 is 2.32 bits per heavy atom. The Morgan fingerprint density at radius 3 is 2.95 bits per heavy atom. The lowest BCUT2D eigenvalue weighted by atomic mass is 10.3. The molecule has 0 saturated carbocycles. The number of aryl methyl sites for hydroxylation is 1. The Hall–Kier alpha value is -1.08. The zero-order valence-corrected chi connectivity index (χ0v) is 12.6. The average molecular weight is 347 g/mol. The van der Waals surface area contributed by atoms with Crippen LogP contribution in [0.4, 0.5) is 4.39 Å². The van der Waals surface area contributed by atoms with E-state index in [4.69, 9.17) is 5.11 Å². The topological polar surface area (TPSA) is 55.1 Å². The van der Waals surface area contributed by atoms with E-state index in [9.17, 15) is 9.18 Å². The first kappa shape index (κ1) is 14.3. The Bertz CT molecular complexity index is 630. The molecule has 0 bridgehead atoms. The molecule has 102 valence electrons. The van der Waals surface area contributed by atoms with Gasteiger partial charge in [0.2, 0.25) is 0 Å². The van der Waals surface area contributed by atoms with Crippen LogP contribution in [-0.2, 0) is 11.3 Å². The first-order valence-corrected chi connectivity index (χ1v) is 7.50. The average Bonchev–Trinajstić information content (AvgIpc) is 2.66. The number of carboxylic acid groups (broad SMARTS) is 1. The Balaban J connectivity index is 2.49. The Kier molecular flexibility index (Phi) is 4.46. The second kappa shape index (κ2) is 5.92. The third-order valence-corrected chi connectivity index (χ3v) is 4.10. The zero-order valence-electron chi connectivity index (χ0n) is 10.2.